The molecule has 0 saturated heterocycles. The summed E-state index contributed by atoms with van der Waals surface area (Å²) in [5.74, 6) is 0.326. The van der Waals surface area contributed by atoms with Gasteiger partial charge in [0.25, 0.3) is 0 Å². The summed E-state index contributed by atoms with van der Waals surface area (Å²) in [4.78, 5) is 18.8. The number of amides is 1. The molecule has 0 spiro atoms. The Kier molecular flexibility index (Phi) is 5.08. The SMILES string of the molecule is CC1(C(=O)Nc2nc(-c3ccc(I)c4ccccc34)cs2)CC2c3ccccc3C1c1ccccc12. The Bertz CT molecular complexity index is 1630. The lowest BCUT2D eigenvalue weighted by Gasteiger charge is -2.50. The van der Waals surface area contributed by atoms with E-state index in [1.54, 1.807) is 0 Å². The van der Waals surface area contributed by atoms with Crippen LogP contribution in [-0.4, -0.2) is 10.9 Å². The van der Waals surface area contributed by atoms with Gasteiger partial charge in [0.15, 0.2) is 5.13 Å². The second-order valence-electron chi connectivity index (χ2n) is 10.00. The van der Waals surface area contributed by atoms with E-state index >= 15 is 0 Å². The van der Waals surface area contributed by atoms with E-state index in [4.69, 9.17) is 4.98 Å². The average molecular weight is 599 g/mol. The van der Waals surface area contributed by atoms with E-state index in [0.717, 1.165) is 17.7 Å². The van der Waals surface area contributed by atoms with Gasteiger partial charge in [0.1, 0.15) is 0 Å². The van der Waals surface area contributed by atoms with Crippen molar-refractivity contribution in [1.29, 1.82) is 0 Å². The normalized spacial score (nSPS) is 21.7. The Morgan fingerprint density at radius 3 is 2.19 bits per heavy atom. The number of rotatable bonds is 3. The molecule has 1 unspecified atom stereocenters. The molecule has 0 aliphatic heterocycles. The number of fused-ring (bicyclic) bond motifs is 2. The minimum absolute atomic E-state index is 0.0366. The summed E-state index contributed by atoms with van der Waals surface area (Å²) in [7, 11) is 0. The summed E-state index contributed by atoms with van der Waals surface area (Å²) in [6.07, 6.45) is 0.803. The van der Waals surface area contributed by atoms with Crippen molar-refractivity contribution in [2.24, 2.45) is 5.41 Å². The molecule has 8 rings (SSSR count). The molecular formula is C31H23IN2OS. The first kappa shape index (κ1) is 22.2. The zero-order chi connectivity index (χ0) is 24.4. The zero-order valence-corrected chi connectivity index (χ0v) is 22.6. The molecular weight excluding hydrogens is 575 g/mol. The molecule has 3 aliphatic rings. The van der Waals surface area contributed by atoms with Crippen LogP contribution in [0, 0.1) is 8.99 Å². The van der Waals surface area contributed by atoms with E-state index in [1.165, 1.54) is 47.9 Å². The van der Waals surface area contributed by atoms with Crippen LogP contribution in [-0.2, 0) is 4.79 Å². The van der Waals surface area contributed by atoms with Crippen molar-refractivity contribution >= 4 is 55.7 Å². The van der Waals surface area contributed by atoms with Gasteiger partial charge in [0.05, 0.1) is 11.1 Å². The van der Waals surface area contributed by atoms with Crippen LogP contribution in [0.5, 0.6) is 0 Å². The number of hydrogen-bond donors (Lipinski definition) is 1. The first-order chi connectivity index (χ1) is 17.5. The molecule has 1 heterocycles. The van der Waals surface area contributed by atoms with Gasteiger partial charge in [0.2, 0.25) is 5.91 Å². The molecule has 3 nitrogen and oxygen atoms in total. The van der Waals surface area contributed by atoms with Crippen molar-refractivity contribution in [3.63, 3.8) is 0 Å². The Labute approximate surface area is 227 Å². The number of benzene rings is 4. The summed E-state index contributed by atoms with van der Waals surface area (Å²) < 4.78 is 1.22. The monoisotopic (exact) mass is 598 g/mol. The molecule has 0 saturated carbocycles. The summed E-state index contributed by atoms with van der Waals surface area (Å²) in [5.41, 5.74) is 6.75. The summed E-state index contributed by atoms with van der Waals surface area (Å²) >= 11 is 3.87. The molecule has 0 radical (unpaired) electrons. The first-order valence-electron chi connectivity index (χ1n) is 12.2. The van der Waals surface area contributed by atoms with Crippen molar-refractivity contribution in [3.8, 4) is 11.3 Å². The molecule has 36 heavy (non-hydrogen) atoms. The minimum Gasteiger partial charge on any atom is -0.301 e. The van der Waals surface area contributed by atoms with Gasteiger partial charge in [-0.05, 0) is 75.0 Å². The number of nitrogens with one attached hydrogen (secondary N) is 1. The predicted octanol–water partition coefficient (Wildman–Crippen LogP) is 8.19. The van der Waals surface area contributed by atoms with Crippen molar-refractivity contribution in [3.05, 3.63) is 116 Å². The molecule has 1 amide bonds. The molecule has 5 aromatic rings. The molecule has 4 aromatic carbocycles. The van der Waals surface area contributed by atoms with Gasteiger partial charge >= 0.3 is 0 Å². The summed E-state index contributed by atoms with van der Waals surface area (Å²) in [6.45, 7) is 2.13. The van der Waals surface area contributed by atoms with Crippen LogP contribution in [0.25, 0.3) is 22.0 Å². The number of hydrogen-bond acceptors (Lipinski definition) is 3. The Morgan fingerprint density at radius 1 is 0.889 bits per heavy atom. The third-order valence-corrected chi connectivity index (χ3v) is 9.72. The maximum absolute atomic E-state index is 14.0. The average Bonchev–Trinajstić information content (AvgIpc) is 3.37. The standard InChI is InChI=1S/C31H23IN2OS/c1-31(16-25-19-9-3-6-12-23(19)28(31)24-13-7-4-10-20(24)25)29(35)34-30-33-27(17-36-30)22-14-15-26(32)21-11-5-2-8-18(21)22/h2-15,17,25,28H,16H2,1H3,(H,33,34,35). The fraction of sp³-hybridized carbons (Fsp3) is 0.161. The van der Waals surface area contributed by atoms with Gasteiger partial charge in [0, 0.05) is 26.3 Å². The van der Waals surface area contributed by atoms with Gasteiger partial charge in [-0.2, -0.15) is 0 Å². The second kappa shape index (κ2) is 8.25. The predicted molar refractivity (Wildman–Crippen MR) is 156 cm³/mol. The van der Waals surface area contributed by atoms with E-state index in [-0.39, 0.29) is 17.7 Å². The lowest BCUT2D eigenvalue weighted by Crippen LogP contribution is -2.47. The zero-order valence-electron chi connectivity index (χ0n) is 19.7. The number of halogens is 1. The van der Waals surface area contributed by atoms with E-state index in [2.05, 4.69) is 120 Å². The Balaban J connectivity index is 1.24. The van der Waals surface area contributed by atoms with Crippen LogP contribution >= 0.6 is 33.9 Å². The van der Waals surface area contributed by atoms with E-state index in [1.807, 2.05) is 5.38 Å². The number of thiazole rings is 1. The van der Waals surface area contributed by atoms with Gasteiger partial charge in [-0.25, -0.2) is 4.98 Å². The van der Waals surface area contributed by atoms with Crippen molar-refractivity contribution in [1.82, 2.24) is 4.98 Å². The van der Waals surface area contributed by atoms with Gasteiger partial charge in [-0.15, -0.1) is 11.3 Å². The largest absolute Gasteiger partial charge is 0.301 e. The highest BCUT2D eigenvalue weighted by molar-refractivity contribution is 14.1. The van der Waals surface area contributed by atoms with Gasteiger partial charge in [-0.1, -0.05) is 78.9 Å². The highest BCUT2D eigenvalue weighted by Gasteiger charge is 2.53. The maximum Gasteiger partial charge on any atom is 0.233 e. The van der Waals surface area contributed by atoms with Crippen LogP contribution in [0.3, 0.4) is 0 Å². The fourth-order valence-corrected chi connectivity index (χ4v) is 7.73. The van der Waals surface area contributed by atoms with E-state index in [0.29, 0.717) is 5.13 Å². The summed E-state index contributed by atoms with van der Waals surface area (Å²) in [6, 6.07) is 30.0. The molecule has 5 heteroatoms. The lowest BCUT2D eigenvalue weighted by molar-refractivity contribution is -0.126. The van der Waals surface area contributed by atoms with Crippen molar-refractivity contribution < 1.29 is 4.79 Å². The molecule has 176 valence electrons. The molecule has 0 fully saturated rings. The number of nitrogens with zero attached hydrogens (tertiary/aromatic N) is 1. The number of carbonyl (C=O) groups is 1. The fourth-order valence-electron chi connectivity index (χ4n) is 6.37. The highest BCUT2D eigenvalue weighted by Crippen LogP contribution is 2.61. The first-order valence-corrected chi connectivity index (χ1v) is 14.1. The Morgan fingerprint density at radius 2 is 1.50 bits per heavy atom. The maximum atomic E-state index is 14.0. The number of anilines is 1. The number of carbonyl (C=O) groups excluding carboxylic acids is 1. The van der Waals surface area contributed by atoms with Gasteiger partial charge in [-0.3, -0.25) is 4.79 Å². The van der Waals surface area contributed by atoms with Crippen LogP contribution < -0.4 is 5.32 Å². The number of aromatic nitrogens is 1. The van der Waals surface area contributed by atoms with Crippen LogP contribution in [0.4, 0.5) is 5.13 Å². The van der Waals surface area contributed by atoms with E-state index < -0.39 is 5.41 Å². The molecule has 3 aliphatic carbocycles. The van der Waals surface area contributed by atoms with Crippen molar-refractivity contribution in [2.45, 2.75) is 25.2 Å². The Hall–Kier alpha value is -3.03. The second-order valence-corrected chi connectivity index (χ2v) is 12.0. The molecule has 1 N–H and O–H groups in total. The van der Waals surface area contributed by atoms with E-state index in [9.17, 15) is 4.79 Å². The van der Waals surface area contributed by atoms with Crippen molar-refractivity contribution in [2.75, 3.05) is 5.32 Å². The lowest BCUT2D eigenvalue weighted by atomic mass is 9.52. The van der Waals surface area contributed by atoms with Crippen LogP contribution in [0.2, 0.25) is 0 Å². The van der Waals surface area contributed by atoms with Gasteiger partial charge < -0.3 is 5.32 Å². The summed E-state index contributed by atoms with van der Waals surface area (Å²) in [5, 5.41) is 8.31. The van der Waals surface area contributed by atoms with Crippen LogP contribution in [0.1, 0.15) is 47.4 Å². The van der Waals surface area contributed by atoms with Crippen LogP contribution in [0.15, 0.2) is 90.3 Å². The third kappa shape index (κ3) is 3.22. The topological polar surface area (TPSA) is 42.0 Å². The smallest absolute Gasteiger partial charge is 0.233 e. The molecule has 1 aromatic heterocycles. The molecule has 1 atom stereocenters. The minimum atomic E-state index is -0.547. The quantitative estimate of drug-likeness (QED) is 0.213. The highest BCUT2D eigenvalue weighted by atomic mass is 127. The third-order valence-electron chi connectivity index (χ3n) is 8.02. The molecule has 2 bridgehead atoms.